The van der Waals surface area contributed by atoms with Gasteiger partial charge in [0.2, 0.25) is 0 Å². The highest BCUT2D eigenvalue weighted by Crippen LogP contribution is 2.22. The molecule has 1 unspecified atom stereocenters. The van der Waals surface area contributed by atoms with Gasteiger partial charge in [0.15, 0.2) is 11.6 Å². The Labute approximate surface area is 136 Å². The van der Waals surface area contributed by atoms with Gasteiger partial charge in [0.1, 0.15) is 35.9 Å². The molecule has 0 amide bonds. The van der Waals surface area contributed by atoms with Crippen LogP contribution in [0.2, 0.25) is 0 Å². The number of hydrogen-bond acceptors (Lipinski definition) is 4. The number of ether oxygens (including phenoxy) is 1. The summed E-state index contributed by atoms with van der Waals surface area (Å²) in [6.45, 7) is 1.91. The van der Waals surface area contributed by atoms with Crippen LogP contribution in [0.5, 0.6) is 5.75 Å². The molecule has 0 aliphatic heterocycles. The standard InChI is InChI=1S/C17H14F3N3O/c1-10(8-24-15-6-5-11(18)7-14(15)20)23-17-12-3-2-4-13(19)16(12)21-9-22-17/h2-7,9-10H,8H2,1H3,(H,21,22,23). The average molecular weight is 333 g/mol. The predicted molar refractivity (Wildman–Crippen MR) is 84.4 cm³/mol. The molecule has 1 aromatic heterocycles. The zero-order valence-corrected chi connectivity index (χ0v) is 12.8. The van der Waals surface area contributed by atoms with E-state index >= 15 is 0 Å². The van der Waals surface area contributed by atoms with Crippen LogP contribution in [0, 0.1) is 17.5 Å². The first-order valence-electron chi connectivity index (χ1n) is 7.28. The monoisotopic (exact) mass is 333 g/mol. The summed E-state index contributed by atoms with van der Waals surface area (Å²) >= 11 is 0. The van der Waals surface area contributed by atoms with Crippen LogP contribution in [0.4, 0.5) is 19.0 Å². The Balaban J connectivity index is 1.71. The fourth-order valence-electron chi connectivity index (χ4n) is 2.25. The van der Waals surface area contributed by atoms with Crippen LogP contribution in [-0.2, 0) is 0 Å². The predicted octanol–water partition coefficient (Wildman–Crippen LogP) is 3.93. The normalized spacial score (nSPS) is 12.2. The molecule has 0 radical (unpaired) electrons. The van der Waals surface area contributed by atoms with Gasteiger partial charge in [-0.1, -0.05) is 6.07 Å². The molecular weight excluding hydrogens is 319 g/mol. The molecule has 0 aliphatic rings. The minimum absolute atomic E-state index is 0.0383. The summed E-state index contributed by atoms with van der Waals surface area (Å²) in [6.07, 6.45) is 1.26. The van der Waals surface area contributed by atoms with Crippen molar-refractivity contribution in [1.29, 1.82) is 0 Å². The summed E-state index contributed by atoms with van der Waals surface area (Å²) < 4.78 is 45.5. The maximum atomic E-state index is 13.7. The van der Waals surface area contributed by atoms with E-state index in [1.807, 2.05) is 0 Å². The van der Waals surface area contributed by atoms with E-state index in [9.17, 15) is 13.2 Å². The lowest BCUT2D eigenvalue weighted by atomic mass is 10.2. The van der Waals surface area contributed by atoms with Crippen molar-refractivity contribution < 1.29 is 17.9 Å². The van der Waals surface area contributed by atoms with Crippen LogP contribution in [-0.4, -0.2) is 22.6 Å². The van der Waals surface area contributed by atoms with Crippen molar-refractivity contribution in [3.63, 3.8) is 0 Å². The molecule has 4 nitrogen and oxygen atoms in total. The molecule has 1 heterocycles. The van der Waals surface area contributed by atoms with E-state index < -0.39 is 17.5 Å². The summed E-state index contributed by atoms with van der Waals surface area (Å²) in [5.74, 6) is -1.45. The number of benzene rings is 2. The summed E-state index contributed by atoms with van der Waals surface area (Å²) in [5, 5.41) is 3.61. The van der Waals surface area contributed by atoms with Gasteiger partial charge >= 0.3 is 0 Å². The molecular formula is C17H14F3N3O. The van der Waals surface area contributed by atoms with Gasteiger partial charge in [0.25, 0.3) is 0 Å². The lowest BCUT2D eigenvalue weighted by molar-refractivity contribution is 0.288. The fraction of sp³-hybridized carbons (Fsp3) is 0.176. The molecule has 1 atom stereocenters. The van der Waals surface area contributed by atoms with E-state index in [4.69, 9.17) is 4.74 Å². The molecule has 0 aliphatic carbocycles. The van der Waals surface area contributed by atoms with E-state index in [1.54, 1.807) is 19.1 Å². The molecule has 124 valence electrons. The van der Waals surface area contributed by atoms with Gasteiger partial charge in [-0.05, 0) is 31.2 Å². The quantitative estimate of drug-likeness (QED) is 0.769. The Bertz CT molecular complexity index is 873. The van der Waals surface area contributed by atoms with E-state index in [2.05, 4.69) is 15.3 Å². The van der Waals surface area contributed by atoms with Crippen LogP contribution in [0.15, 0.2) is 42.7 Å². The molecule has 1 N–H and O–H groups in total. The van der Waals surface area contributed by atoms with Gasteiger partial charge in [-0.25, -0.2) is 23.1 Å². The number of halogens is 3. The molecule has 2 aromatic carbocycles. The summed E-state index contributed by atoms with van der Waals surface area (Å²) in [6, 6.07) is 7.45. The van der Waals surface area contributed by atoms with Crippen molar-refractivity contribution in [2.75, 3.05) is 11.9 Å². The zero-order chi connectivity index (χ0) is 17.1. The van der Waals surface area contributed by atoms with Crippen molar-refractivity contribution in [2.45, 2.75) is 13.0 Å². The topological polar surface area (TPSA) is 47.0 Å². The van der Waals surface area contributed by atoms with Crippen LogP contribution in [0.3, 0.4) is 0 Å². The van der Waals surface area contributed by atoms with Gasteiger partial charge in [-0.2, -0.15) is 0 Å². The number of aromatic nitrogens is 2. The maximum Gasteiger partial charge on any atom is 0.167 e. The Morgan fingerprint density at radius 2 is 1.92 bits per heavy atom. The molecule has 0 fully saturated rings. The third-order valence-corrected chi connectivity index (χ3v) is 3.38. The van der Waals surface area contributed by atoms with Crippen molar-refractivity contribution >= 4 is 16.7 Å². The van der Waals surface area contributed by atoms with E-state index in [0.29, 0.717) is 11.2 Å². The van der Waals surface area contributed by atoms with E-state index in [0.717, 1.165) is 12.1 Å². The van der Waals surface area contributed by atoms with Gasteiger partial charge in [0.05, 0.1) is 6.04 Å². The highest BCUT2D eigenvalue weighted by Gasteiger charge is 2.11. The van der Waals surface area contributed by atoms with Crippen molar-refractivity contribution in [2.24, 2.45) is 0 Å². The highest BCUT2D eigenvalue weighted by molar-refractivity contribution is 5.89. The third-order valence-electron chi connectivity index (χ3n) is 3.38. The fourth-order valence-corrected chi connectivity index (χ4v) is 2.25. The summed E-state index contributed by atoms with van der Waals surface area (Å²) in [5.41, 5.74) is 0.215. The van der Waals surface area contributed by atoms with Crippen molar-refractivity contribution in [3.8, 4) is 5.75 Å². The van der Waals surface area contributed by atoms with Gasteiger partial charge in [0, 0.05) is 11.5 Å². The maximum absolute atomic E-state index is 13.7. The zero-order valence-electron chi connectivity index (χ0n) is 12.8. The van der Waals surface area contributed by atoms with Crippen molar-refractivity contribution in [3.05, 3.63) is 60.2 Å². The van der Waals surface area contributed by atoms with E-state index in [-0.39, 0.29) is 23.9 Å². The Kier molecular flexibility index (Phi) is 4.50. The van der Waals surface area contributed by atoms with Crippen LogP contribution in [0.1, 0.15) is 6.92 Å². The minimum atomic E-state index is -0.767. The van der Waals surface area contributed by atoms with Crippen LogP contribution < -0.4 is 10.1 Å². The molecule has 24 heavy (non-hydrogen) atoms. The molecule has 3 aromatic rings. The first-order valence-corrected chi connectivity index (χ1v) is 7.28. The number of anilines is 1. The first kappa shape index (κ1) is 16.0. The highest BCUT2D eigenvalue weighted by atomic mass is 19.1. The van der Waals surface area contributed by atoms with Gasteiger partial charge in [-0.15, -0.1) is 0 Å². The molecule has 0 spiro atoms. The lowest BCUT2D eigenvalue weighted by Gasteiger charge is -2.17. The molecule has 0 saturated heterocycles. The number of rotatable bonds is 5. The number of nitrogens with zero attached hydrogens (tertiary/aromatic N) is 2. The number of nitrogens with one attached hydrogen (secondary N) is 1. The van der Waals surface area contributed by atoms with Crippen LogP contribution in [0.25, 0.3) is 10.9 Å². The smallest absolute Gasteiger partial charge is 0.167 e. The second kappa shape index (κ2) is 6.74. The first-order chi connectivity index (χ1) is 11.5. The summed E-state index contributed by atoms with van der Waals surface area (Å²) in [4.78, 5) is 8.02. The Morgan fingerprint density at radius 1 is 1.08 bits per heavy atom. The second-order valence-corrected chi connectivity index (χ2v) is 5.29. The Morgan fingerprint density at radius 3 is 2.71 bits per heavy atom. The largest absolute Gasteiger partial charge is 0.488 e. The lowest BCUT2D eigenvalue weighted by Crippen LogP contribution is -2.24. The molecule has 0 saturated carbocycles. The number of hydrogen-bond donors (Lipinski definition) is 1. The molecule has 3 rings (SSSR count). The van der Waals surface area contributed by atoms with Gasteiger partial charge in [-0.3, -0.25) is 0 Å². The minimum Gasteiger partial charge on any atom is -0.488 e. The van der Waals surface area contributed by atoms with Crippen molar-refractivity contribution in [1.82, 2.24) is 9.97 Å². The van der Waals surface area contributed by atoms with Crippen LogP contribution >= 0.6 is 0 Å². The molecule has 0 bridgehead atoms. The summed E-state index contributed by atoms with van der Waals surface area (Å²) in [7, 11) is 0. The number of fused-ring (bicyclic) bond motifs is 1. The number of para-hydroxylation sites is 1. The Hall–Kier alpha value is -2.83. The molecule has 7 heteroatoms. The average Bonchev–Trinajstić information content (AvgIpc) is 2.55. The third kappa shape index (κ3) is 3.40. The van der Waals surface area contributed by atoms with Gasteiger partial charge < -0.3 is 10.1 Å². The second-order valence-electron chi connectivity index (χ2n) is 5.29. The SMILES string of the molecule is CC(COc1ccc(F)cc1F)Nc1ncnc2c(F)cccc12. The van der Waals surface area contributed by atoms with E-state index in [1.165, 1.54) is 18.5 Å².